The molecule has 4 heteroatoms. The highest BCUT2D eigenvalue weighted by molar-refractivity contribution is 5.30. The van der Waals surface area contributed by atoms with Crippen molar-refractivity contribution in [1.29, 1.82) is 0 Å². The van der Waals surface area contributed by atoms with Gasteiger partial charge in [0.2, 0.25) is 0 Å². The van der Waals surface area contributed by atoms with E-state index in [-0.39, 0.29) is 11.6 Å². The zero-order valence-electron chi connectivity index (χ0n) is 9.45. The number of methoxy groups -OCH3 is 1. The molecule has 1 aromatic carbocycles. The van der Waals surface area contributed by atoms with E-state index in [0.717, 1.165) is 12.0 Å². The van der Waals surface area contributed by atoms with Gasteiger partial charge in [0.15, 0.2) is 11.6 Å². The highest BCUT2D eigenvalue weighted by Gasteiger charge is 2.08. The van der Waals surface area contributed by atoms with Crippen LogP contribution in [0, 0.1) is 5.82 Å². The molecule has 90 valence electrons. The normalized spacial score (nSPS) is 12.5. The molecule has 1 aromatic rings. The quantitative estimate of drug-likeness (QED) is 0.774. The van der Waals surface area contributed by atoms with E-state index >= 15 is 0 Å². The predicted molar refractivity (Wildman–Crippen MR) is 61.0 cm³/mol. The zero-order chi connectivity index (χ0) is 12.0. The Kier molecular flexibility index (Phi) is 5.22. The molecule has 0 bridgehead atoms. The molecule has 0 fully saturated rings. The van der Waals surface area contributed by atoms with Crippen LogP contribution in [0.25, 0.3) is 0 Å². The number of nitrogens with two attached hydrogens (primary N) is 1. The molecule has 0 aliphatic carbocycles. The Balaban J connectivity index is 2.59. The second-order valence-electron chi connectivity index (χ2n) is 3.76. The van der Waals surface area contributed by atoms with E-state index in [2.05, 4.69) is 0 Å². The predicted octanol–water partition coefficient (Wildman–Crippen LogP) is 1.48. The minimum absolute atomic E-state index is 0.212. The lowest BCUT2D eigenvalue weighted by atomic mass is 10.0. The van der Waals surface area contributed by atoms with E-state index in [1.165, 1.54) is 13.2 Å². The monoisotopic (exact) mass is 227 g/mol. The Labute approximate surface area is 95.0 Å². The number of aliphatic hydroxyl groups is 1. The molecule has 1 rings (SSSR count). The fourth-order valence-corrected chi connectivity index (χ4v) is 1.56. The summed E-state index contributed by atoms with van der Waals surface area (Å²) in [5.74, 6) is -0.175. The van der Waals surface area contributed by atoms with Gasteiger partial charge in [-0.25, -0.2) is 4.39 Å². The van der Waals surface area contributed by atoms with Gasteiger partial charge >= 0.3 is 0 Å². The van der Waals surface area contributed by atoms with Crippen LogP contribution in [-0.4, -0.2) is 24.9 Å². The van der Waals surface area contributed by atoms with Gasteiger partial charge in [0.05, 0.1) is 13.2 Å². The number of hydrogen-bond acceptors (Lipinski definition) is 3. The molecule has 0 heterocycles. The van der Waals surface area contributed by atoms with Crippen LogP contribution in [0.15, 0.2) is 18.2 Å². The van der Waals surface area contributed by atoms with Crippen molar-refractivity contribution in [3.05, 3.63) is 29.6 Å². The molecule has 0 aliphatic rings. The Bertz CT molecular complexity index is 331. The lowest BCUT2D eigenvalue weighted by molar-refractivity contribution is 0.163. The number of hydrogen-bond donors (Lipinski definition) is 2. The second-order valence-corrected chi connectivity index (χ2v) is 3.76. The maximum absolute atomic E-state index is 13.1. The van der Waals surface area contributed by atoms with Crippen molar-refractivity contribution in [2.45, 2.75) is 25.4 Å². The summed E-state index contributed by atoms with van der Waals surface area (Å²) in [6.07, 6.45) is 1.52. The van der Waals surface area contributed by atoms with Gasteiger partial charge in [0, 0.05) is 0 Å². The van der Waals surface area contributed by atoms with Gasteiger partial charge in [-0.2, -0.15) is 0 Å². The van der Waals surface area contributed by atoms with E-state index in [0.29, 0.717) is 19.4 Å². The van der Waals surface area contributed by atoms with Crippen LogP contribution in [0.5, 0.6) is 5.75 Å². The largest absolute Gasteiger partial charge is 0.494 e. The van der Waals surface area contributed by atoms with Gasteiger partial charge in [0.25, 0.3) is 0 Å². The first-order valence-corrected chi connectivity index (χ1v) is 5.38. The van der Waals surface area contributed by atoms with Crippen molar-refractivity contribution in [2.75, 3.05) is 13.7 Å². The summed E-state index contributed by atoms with van der Waals surface area (Å²) in [5, 5.41) is 9.68. The molecular weight excluding hydrogens is 209 g/mol. The molecule has 3 nitrogen and oxygen atoms in total. The molecule has 1 atom stereocenters. The van der Waals surface area contributed by atoms with Crippen LogP contribution in [0.3, 0.4) is 0 Å². The first-order valence-electron chi connectivity index (χ1n) is 5.38. The Hall–Kier alpha value is -1.13. The summed E-state index contributed by atoms with van der Waals surface area (Å²) < 4.78 is 18.0. The summed E-state index contributed by atoms with van der Waals surface area (Å²) in [6.45, 7) is 0.573. The van der Waals surface area contributed by atoms with Gasteiger partial charge in [-0.05, 0) is 43.5 Å². The number of benzene rings is 1. The van der Waals surface area contributed by atoms with Crippen LogP contribution in [-0.2, 0) is 6.42 Å². The smallest absolute Gasteiger partial charge is 0.165 e. The van der Waals surface area contributed by atoms with Gasteiger partial charge in [-0.1, -0.05) is 6.07 Å². The maximum atomic E-state index is 13.1. The minimum atomic E-state index is -0.432. The fraction of sp³-hybridized carbons (Fsp3) is 0.500. The van der Waals surface area contributed by atoms with E-state index < -0.39 is 6.10 Å². The molecule has 1 unspecified atom stereocenters. The Morgan fingerprint density at radius 3 is 2.88 bits per heavy atom. The third-order valence-corrected chi connectivity index (χ3v) is 2.43. The van der Waals surface area contributed by atoms with Crippen molar-refractivity contribution in [1.82, 2.24) is 0 Å². The van der Waals surface area contributed by atoms with Crippen molar-refractivity contribution in [3.8, 4) is 5.75 Å². The minimum Gasteiger partial charge on any atom is -0.494 e. The third-order valence-electron chi connectivity index (χ3n) is 2.43. The van der Waals surface area contributed by atoms with Crippen LogP contribution >= 0.6 is 0 Å². The first-order chi connectivity index (χ1) is 7.67. The Morgan fingerprint density at radius 1 is 1.50 bits per heavy atom. The molecule has 0 saturated heterocycles. The molecular formula is C12H18FNO2. The van der Waals surface area contributed by atoms with Crippen molar-refractivity contribution in [3.63, 3.8) is 0 Å². The molecule has 0 aliphatic heterocycles. The summed E-state index contributed by atoms with van der Waals surface area (Å²) in [5.41, 5.74) is 6.22. The lowest BCUT2D eigenvalue weighted by Gasteiger charge is -2.11. The van der Waals surface area contributed by atoms with Crippen LogP contribution in [0.1, 0.15) is 18.4 Å². The summed E-state index contributed by atoms with van der Waals surface area (Å²) in [6, 6.07) is 4.62. The van der Waals surface area contributed by atoms with Crippen LogP contribution in [0.2, 0.25) is 0 Å². The number of rotatable bonds is 6. The SMILES string of the molecule is COc1cc(CC(O)CCCN)ccc1F. The molecule has 0 radical (unpaired) electrons. The van der Waals surface area contributed by atoms with Gasteiger partial charge in [-0.15, -0.1) is 0 Å². The number of ether oxygens (including phenoxy) is 1. The van der Waals surface area contributed by atoms with Crippen LogP contribution < -0.4 is 10.5 Å². The third kappa shape index (κ3) is 3.79. The average molecular weight is 227 g/mol. The van der Waals surface area contributed by atoms with Gasteiger partial charge < -0.3 is 15.6 Å². The van der Waals surface area contributed by atoms with E-state index in [1.54, 1.807) is 12.1 Å². The number of halogens is 1. The molecule has 0 aromatic heterocycles. The highest BCUT2D eigenvalue weighted by atomic mass is 19.1. The second kappa shape index (κ2) is 6.45. The van der Waals surface area contributed by atoms with E-state index in [9.17, 15) is 9.50 Å². The average Bonchev–Trinajstić information content (AvgIpc) is 2.29. The molecule has 16 heavy (non-hydrogen) atoms. The van der Waals surface area contributed by atoms with Gasteiger partial charge in [-0.3, -0.25) is 0 Å². The molecule has 3 N–H and O–H groups in total. The summed E-state index contributed by atoms with van der Waals surface area (Å²) in [7, 11) is 1.42. The fourth-order valence-electron chi connectivity index (χ4n) is 1.56. The number of aliphatic hydroxyl groups excluding tert-OH is 1. The van der Waals surface area contributed by atoms with Crippen LogP contribution in [0.4, 0.5) is 4.39 Å². The Morgan fingerprint density at radius 2 is 2.25 bits per heavy atom. The van der Waals surface area contributed by atoms with Crippen molar-refractivity contribution >= 4 is 0 Å². The first kappa shape index (κ1) is 12.9. The standard InChI is InChI=1S/C12H18FNO2/c1-16-12-8-9(4-5-11(12)13)7-10(15)3-2-6-14/h4-5,8,10,15H,2-3,6-7,14H2,1H3. The maximum Gasteiger partial charge on any atom is 0.165 e. The molecule has 0 amide bonds. The van der Waals surface area contributed by atoms with Crippen molar-refractivity contribution < 1.29 is 14.2 Å². The summed E-state index contributed by atoms with van der Waals surface area (Å²) >= 11 is 0. The topological polar surface area (TPSA) is 55.5 Å². The lowest BCUT2D eigenvalue weighted by Crippen LogP contribution is -2.13. The van der Waals surface area contributed by atoms with E-state index in [1.807, 2.05) is 0 Å². The van der Waals surface area contributed by atoms with Gasteiger partial charge in [0.1, 0.15) is 0 Å². The highest BCUT2D eigenvalue weighted by Crippen LogP contribution is 2.19. The van der Waals surface area contributed by atoms with E-state index in [4.69, 9.17) is 10.5 Å². The zero-order valence-corrected chi connectivity index (χ0v) is 9.45. The van der Waals surface area contributed by atoms with Crippen molar-refractivity contribution in [2.24, 2.45) is 5.73 Å². The summed E-state index contributed by atoms with van der Waals surface area (Å²) in [4.78, 5) is 0. The molecule has 0 saturated carbocycles. The molecule has 0 spiro atoms.